The van der Waals surface area contributed by atoms with E-state index in [-0.39, 0.29) is 35.9 Å². The van der Waals surface area contributed by atoms with E-state index in [1.807, 2.05) is 73.4 Å². The summed E-state index contributed by atoms with van der Waals surface area (Å²) < 4.78 is 4.76. The molecule has 4 atom stereocenters. The molecule has 0 radical (unpaired) electrons. The number of carbonyl (C=O) groups is 3. The molecule has 3 aromatic carbocycles. The Bertz CT molecular complexity index is 2110. The Balaban J connectivity index is 1.01. The first-order valence-corrected chi connectivity index (χ1v) is 19.7. The van der Waals surface area contributed by atoms with Gasteiger partial charge in [-0.2, -0.15) is 0 Å². The number of aromatic nitrogens is 4. The fourth-order valence-corrected chi connectivity index (χ4v) is 8.06. The molecule has 3 amide bonds. The van der Waals surface area contributed by atoms with Gasteiger partial charge in [0, 0.05) is 13.1 Å². The zero-order valence-corrected chi connectivity index (χ0v) is 32.9. The van der Waals surface area contributed by atoms with Gasteiger partial charge < -0.3 is 29.8 Å². The third-order valence-electron chi connectivity index (χ3n) is 11.3. The van der Waals surface area contributed by atoms with Crippen molar-refractivity contribution in [2.45, 2.75) is 70.6 Å². The van der Waals surface area contributed by atoms with Crippen LogP contribution in [0, 0.1) is 5.92 Å². The molecule has 56 heavy (non-hydrogen) atoms. The van der Waals surface area contributed by atoms with Gasteiger partial charge in [-0.25, -0.2) is 14.8 Å². The highest BCUT2D eigenvalue weighted by atomic mass is 16.5. The summed E-state index contributed by atoms with van der Waals surface area (Å²) in [6, 6.07) is 25.5. The number of likely N-dealkylation sites (tertiary alicyclic amines) is 2. The second kappa shape index (κ2) is 16.9. The highest BCUT2D eigenvalue weighted by Gasteiger charge is 2.39. The minimum Gasteiger partial charge on any atom is -0.453 e. The smallest absolute Gasteiger partial charge is 0.407 e. The van der Waals surface area contributed by atoms with Crippen LogP contribution in [0.5, 0.6) is 0 Å². The van der Waals surface area contributed by atoms with E-state index in [2.05, 4.69) is 80.6 Å². The molecule has 0 bridgehead atoms. The molecule has 0 spiro atoms. The Hall–Kier alpha value is -5.75. The first kappa shape index (κ1) is 38.5. The molecule has 12 nitrogen and oxygen atoms in total. The van der Waals surface area contributed by atoms with Crippen molar-refractivity contribution in [3.05, 3.63) is 108 Å². The van der Waals surface area contributed by atoms with Gasteiger partial charge in [-0.3, -0.25) is 14.5 Å². The highest BCUT2D eigenvalue weighted by molar-refractivity contribution is 5.86. The molecular weight excluding hydrogens is 705 g/mol. The van der Waals surface area contributed by atoms with Crippen LogP contribution in [0.3, 0.4) is 0 Å². The van der Waals surface area contributed by atoms with Crippen molar-refractivity contribution < 1.29 is 19.1 Å². The van der Waals surface area contributed by atoms with E-state index in [9.17, 15) is 14.4 Å². The Morgan fingerprint density at radius 1 is 0.768 bits per heavy atom. The molecule has 3 N–H and O–H groups in total. The second-order valence-electron chi connectivity index (χ2n) is 15.1. The summed E-state index contributed by atoms with van der Waals surface area (Å²) in [5.74, 6) is 1.44. The standard InChI is InChI=1S/C44H52N8O4/c1-6-50(4)39(33-12-8-7-9-13-33)43(54)52-25-11-15-37(52)41-46-27-35(48-41)32-22-18-30(19-23-32)29-16-20-31(21-17-29)34-26-45-40(47-34)36-14-10-24-51(36)42(53)38(28(2)3)49-44(55)56-5/h7-9,12-13,16-23,26-28,36-39H,6,10-11,14-15,24-25H2,1-5H3,(H,45,47)(H,46,48)(H,49,55)/t36-,37-,38-,39+/m0/s1. The number of likely N-dealkylation sites (N-methyl/N-ethyl adjacent to an activating group) is 1. The number of hydrogen-bond acceptors (Lipinski definition) is 7. The van der Waals surface area contributed by atoms with E-state index in [0.717, 1.165) is 83.1 Å². The summed E-state index contributed by atoms with van der Waals surface area (Å²) in [6.45, 7) is 7.98. The molecule has 2 saturated heterocycles. The van der Waals surface area contributed by atoms with Crippen molar-refractivity contribution in [3.8, 4) is 33.6 Å². The second-order valence-corrected chi connectivity index (χ2v) is 15.1. The number of imidazole rings is 2. The van der Waals surface area contributed by atoms with E-state index < -0.39 is 12.1 Å². The van der Waals surface area contributed by atoms with Gasteiger partial charge in [-0.05, 0) is 73.0 Å². The van der Waals surface area contributed by atoms with Crippen molar-refractivity contribution in [1.29, 1.82) is 0 Å². The van der Waals surface area contributed by atoms with Crippen LogP contribution in [0.25, 0.3) is 33.6 Å². The summed E-state index contributed by atoms with van der Waals surface area (Å²) >= 11 is 0. The van der Waals surface area contributed by atoms with Gasteiger partial charge in [0.2, 0.25) is 11.8 Å². The largest absolute Gasteiger partial charge is 0.453 e. The number of rotatable bonds is 12. The zero-order valence-electron chi connectivity index (χ0n) is 32.9. The Morgan fingerprint density at radius 2 is 1.25 bits per heavy atom. The summed E-state index contributed by atoms with van der Waals surface area (Å²) in [5.41, 5.74) is 6.99. The van der Waals surface area contributed by atoms with E-state index >= 15 is 0 Å². The van der Waals surface area contributed by atoms with Crippen molar-refractivity contribution in [2.24, 2.45) is 5.92 Å². The third-order valence-corrected chi connectivity index (χ3v) is 11.3. The molecule has 2 aliphatic rings. The van der Waals surface area contributed by atoms with Gasteiger partial charge in [0.15, 0.2) is 0 Å². The average molecular weight is 757 g/mol. The van der Waals surface area contributed by atoms with E-state index in [1.54, 1.807) is 0 Å². The van der Waals surface area contributed by atoms with Crippen LogP contribution in [0.15, 0.2) is 91.3 Å². The quantitative estimate of drug-likeness (QED) is 0.120. The van der Waals surface area contributed by atoms with Crippen LogP contribution in [0.2, 0.25) is 0 Å². The van der Waals surface area contributed by atoms with Crippen molar-refractivity contribution in [3.63, 3.8) is 0 Å². The van der Waals surface area contributed by atoms with Crippen LogP contribution in [-0.4, -0.2) is 92.4 Å². The molecule has 2 aromatic heterocycles. The minimum atomic E-state index is -0.678. The van der Waals surface area contributed by atoms with E-state index in [4.69, 9.17) is 9.72 Å². The maximum atomic E-state index is 14.1. The number of benzene rings is 3. The fourth-order valence-electron chi connectivity index (χ4n) is 8.06. The summed E-state index contributed by atoms with van der Waals surface area (Å²) in [7, 11) is 3.30. The summed E-state index contributed by atoms with van der Waals surface area (Å²) in [5, 5.41) is 2.70. The van der Waals surface area contributed by atoms with Gasteiger partial charge in [0.05, 0.1) is 43.0 Å². The molecule has 0 saturated carbocycles. The molecule has 0 aliphatic carbocycles. The monoisotopic (exact) mass is 756 g/mol. The summed E-state index contributed by atoms with van der Waals surface area (Å²) in [4.78, 5) is 62.0. The number of H-pyrrole nitrogens is 2. The van der Waals surface area contributed by atoms with Crippen LogP contribution in [0.1, 0.15) is 81.8 Å². The van der Waals surface area contributed by atoms with E-state index in [0.29, 0.717) is 13.1 Å². The maximum absolute atomic E-state index is 14.1. The highest BCUT2D eigenvalue weighted by Crippen LogP contribution is 2.36. The Morgan fingerprint density at radius 3 is 1.71 bits per heavy atom. The van der Waals surface area contributed by atoms with Crippen LogP contribution in [-0.2, 0) is 14.3 Å². The predicted octanol–water partition coefficient (Wildman–Crippen LogP) is 7.53. The molecule has 0 unspecified atom stereocenters. The first-order chi connectivity index (χ1) is 27.2. The zero-order chi connectivity index (χ0) is 39.3. The topological polar surface area (TPSA) is 140 Å². The van der Waals surface area contributed by atoms with Gasteiger partial charge in [-0.1, -0.05) is 99.6 Å². The maximum Gasteiger partial charge on any atom is 0.407 e. The number of carbonyl (C=O) groups excluding carboxylic acids is 3. The lowest BCUT2D eigenvalue weighted by Crippen LogP contribution is -2.51. The minimum absolute atomic E-state index is 0.0939. The molecule has 2 aliphatic heterocycles. The molecule has 4 heterocycles. The average Bonchev–Trinajstić information content (AvgIpc) is 4.07. The lowest BCUT2D eigenvalue weighted by Gasteiger charge is -2.32. The van der Waals surface area contributed by atoms with Gasteiger partial charge >= 0.3 is 6.09 Å². The summed E-state index contributed by atoms with van der Waals surface area (Å²) in [6.07, 6.45) is 6.53. The first-order valence-electron chi connectivity index (χ1n) is 19.7. The van der Waals surface area contributed by atoms with Crippen molar-refractivity contribution in [2.75, 3.05) is 33.8 Å². The Kier molecular flexibility index (Phi) is 11.7. The number of alkyl carbamates (subject to hydrolysis) is 1. The van der Waals surface area contributed by atoms with Crippen LogP contribution >= 0.6 is 0 Å². The number of hydrogen-bond donors (Lipinski definition) is 3. The number of aromatic amines is 2. The van der Waals surface area contributed by atoms with Gasteiger partial charge in [0.25, 0.3) is 0 Å². The SMILES string of the molecule is CCN(C)[C@@H](C(=O)N1CCC[C@H]1c1ncc(-c2ccc(-c3ccc(-c4cnc([C@@H]5CCCN5C(=O)[C@@H](NC(=O)OC)C(C)C)[nH]4)cc3)cc2)[nH]1)c1ccccc1. The number of methoxy groups -OCH3 is 1. The number of amides is 3. The molecule has 7 rings (SSSR count). The van der Waals surface area contributed by atoms with Crippen LogP contribution in [0.4, 0.5) is 4.79 Å². The van der Waals surface area contributed by atoms with Gasteiger partial charge in [-0.15, -0.1) is 0 Å². The number of nitrogens with zero attached hydrogens (tertiary/aromatic N) is 5. The molecule has 5 aromatic rings. The fraction of sp³-hybridized carbons (Fsp3) is 0.386. The third kappa shape index (κ3) is 7.97. The van der Waals surface area contributed by atoms with Crippen LogP contribution < -0.4 is 5.32 Å². The lowest BCUT2D eigenvalue weighted by atomic mass is 10.0. The normalized spacial score (nSPS) is 18.1. The van der Waals surface area contributed by atoms with Gasteiger partial charge in [0.1, 0.15) is 23.7 Å². The van der Waals surface area contributed by atoms with E-state index in [1.165, 1.54) is 7.11 Å². The number of nitrogens with one attached hydrogen (secondary N) is 3. The lowest BCUT2D eigenvalue weighted by molar-refractivity contribution is -0.138. The molecular formula is C44H52N8O4. The Labute approximate surface area is 328 Å². The predicted molar refractivity (Wildman–Crippen MR) is 216 cm³/mol. The van der Waals surface area contributed by atoms with Crippen molar-refractivity contribution >= 4 is 17.9 Å². The molecule has 292 valence electrons. The molecule has 12 heteroatoms. The molecule has 2 fully saturated rings. The number of ether oxygens (including phenoxy) is 1. The van der Waals surface area contributed by atoms with Crippen molar-refractivity contribution in [1.82, 2.24) is 40.0 Å².